The lowest BCUT2D eigenvalue weighted by molar-refractivity contribution is 0.133. The van der Waals surface area contributed by atoms with Crippen molar-refractivity contribution in [1.82, 2.24) is 29.4 Å². The molecule has 5 aromatic rings. The van der Waals surface area contributed by atoms with Gasteiger partial charge in [0.05, 0.1) is 41.5 Å². The lowest BCUT2D eigenvalue weighted by Crippen LogP contribution is -2.55. The van der Waals surface area contributed by atoms with Gasteiger partial charge in [-0.05, 0) is 60.2 Å². The number of piperazine rings is 1. The van der Waals surface area contributed by atoms with E-state index in [9.17, 15) is 24.6 Å². The Balaban J connectivity index is 1.21. The van der Waals surface area contributed by atoms with Crippen LogP contribution in [0.4, 0.5) is 26.4 Å². The molecule has 0 aliphatic carbocycles. The van der Waals surface area contributed by atoms with E-state index in [2.05, 4.69) is 25.4 Å². The maximum Gasteiger partial charge on any atom is 0.407 e. The second kappa shape index (κ2) is 12.4. The third-order valence-corrected chi connectivity index (χ3v) is 9.64. The van der Waals surface area contributed by atoms with E-state index >= 15 is 4.39 Å². The first-order valence-corrected chi connectivity index (χ1v) is 16.4. The van der Waals surface area contributed by atoms with Gasteiger partial charge >= 0.3 is 6.09 Å². The molecule has 0 radical (unpaired) electrons. The fourth-order valence-electron chi connectivity index (χ4n) is 7.08. The van der Waals surface area contributed by atoms with E-state index in [4.69, 9.17) is 0 Å². The van der Waals surface area contributed by atoms with Crippen molar-refractivity contribution in [2.45, 2.75) is 57.7 Å². The second-order valence-corrected chi connectivity index (χ2v) is 13.9. The molecule has 13 nitrogen and oxygen atoms in total. The summed E-state index contributed by atoms with van der Waals surface area (Å²) >= 11 is 0. The van der Waals surface area contributed by atoms with Gasteiger partial charge in [0.25, 0.3) is 11.1 Å². The molecule has 2 saturated heterocycles. The molecule has 2 unspecified atom stereocenters. The highest BCUT2D eigenvalue weighted by molar-refractivity contribution is 5.83. The molecule has 5 heterocycles. The van der Waals surface area contributed by atoms with Crippen LogP contribution in [0.2, 0.25) is 0 Å². The van der Waals surface area contributed by atoms with Gasteiger partial charge in [-0.25, -0.2) is 18.9 Å². The summed E-state index contributed by atoms with van der Waals surface area (Å²) in [5, 5.41) is 32.2. The summed E-state index contributed by atoms with van der Waals surface area (Å²) in [5.41, 5.74) is 1.71. The number of nitrogens with one attached hydrogen (secondary N) is 1. The third kappa shape index (κ3) is 5.74. The number of nitrogens with zero attached hydrogens (tertiary/aromatic N) is 7. The molecule has 2 atom stereocenters. The van der Waals surface area contributed by atoms with Crippen LogP contribution in [-0.4, -0.2) is 70.9 Å². The van der Waals surface area contributed by atoms with Gasteiger partial charge in [0.1, 0.15) is 17.3 Å². The monoisotopic (exact) mass is 680 g/mol. The van der Waals surface area contributed by atoms with Gasteiger partial charge in [0.15, 0.2) is 0 Å². The van der Waals surface area contributed by atoms with Gasteiger partial charge in [-0.15, -0.1) is 0 Å². The minimum Gasteiger partial charge on any atom is -0.465 e. The average Bonchev–Trinajstić information content (AvgIpc) is 3.34. The molecule has 3 N–H and O–H groups in total. The molecule has 2 bridgehead atoms. The maximum atomic E-state index is 15.4. The Morgan fingerprint density at radius 2 is 1.76 bits per heavy atom. The van der Waals surface area contributed by atoms with Gasteiger partial charge in [-0.1, -0.05) is 32.9 Å². The fourth-order valence-corrected chi connectivity index (χ4v) is 7.08. The number of aliphatic hydroxyl groups excluding tert-OH is 1. The molecular formula is C36H37FN8O5. The topological polar surface area (TPSA) is 159 Å². The molecule has 2 aromatic carbocycles. The molecule has 14 heteroatoms. The number of aliphatic hydroxyl groups is 1. The van der Waals surface area contributed by atoms with Gasteiger partial charge in [0, 0.05) is 48.7 Å². The summed E-state index contributed by atoms with van der Waals surface area (Å²) in [6.45, 7) is 6.27. The van der Waals surface area contributed by atoms with Crippen molar-refractivity contribution in [2.24, 2.45) is 7.05 Å². The molecule has 0 spiro atoms. The van der Waals surface area contributed by atoms with E-state index < -0.39 is 29.6 Å². The highest BCUT2D eigenvalue weighted by atomic mass is 19.1. The summed E-state index contributed by atoms with van der Waals surface area (Å²) in [6, 6.07) is 13.5. The van der Waals surface area contributed by atoms with E-state index in [1.54, 1.807) is 42.6 Å². The van der Waals surface area contributed by atoms with Crippen molar-refractivity contribution < 1.29 is 19.4 Å². The highest BCUT2D eigenvalue weighted by Crippen LogP contribution is 2.35. The van der Waals surface area contributed by atoms with E-state index in [0.29, 0.717) is 41.1 Å². The third-order valence-electron chi connectivity index (χ3n) is 9.64. The predicted octanol–water partition coefficient (Wildman–Crippen LogP) is 4.54. The standard InChI is InChI=1S/C36H37FN8O5/c1-36(2,3)21-12-20-15-39-45(34(48)32(20)27(37)13-21)30-7-5-6-25(26(30)19-46)28-14-29(33(47)42(4)41-28)40-31-11-10-22(16-38-31)44-23-8-9-24(44)18-43(17-23)35(49)50/h5-7,10-16,23-24,46H,8-9,17-19H2,1-4H3,(H,38,40)(H,49,50). The zero-order valence-corrected chi connectivity index (χ0v) is 28.1. The summed E-state index contributed by atoms with van der Waals surface area (Å²) in [4.78, 5) is 46.6. The SMILES string of the molecule is Cn1nc(-c2cccc(-n3ncc4cc(C(C)(C)C)cc(F)c4c3=O)c2CO)cc(Nc2ccc(N3C4CCC3CN(C(=O)O)C4)cn2)c1=O. The number of anilines is 3. The number of fused-ring (bicyclic) bond motifs is 3. The first-order chi connectivity index (χ1) is 23.8. The molecule has 7 rings (SSSR count). The molecule has 2 aliphatic rings. The number of pyridine rings is 1. The normalized spacial score (nSPS) is 17.4. The van der Waals surface area contributed by atoms with Crippen molar-refractivity contribution in [2.75, 3.05) is 23.3 Å². The van der Waals surface area contributed by atoms with Crippen LogP contribution in [0.25, 0.3) is 27.7 Å². The number of hydrogen-bond acceptors (Lipinski definition) is 9. The highest BCUT2D eigenvalue weighted by Gasteiger charge is 2.41. The largest absolute Gasteiger partial charge is 0.465 e. The van der Waals surface area contributed by atoms with Gasteiger partial charge in [-0.2, -0.15) is 14.9 Å². The van der Waals surface area contributed by atoms with Crippen molar-refractivity contribution >= 4 is 34.1 Å². The Bertz CT molecular complexity index is 2250. The number of likely N-dealkylation sites (tertiary alicyclic amines) is 1. The molecule has 2 fully saturated rings. The quantitative estimate of drug-likeness (QED) is 0.232. The summed E-state index contributed by atoms with van der Waals surface area (Å²) in [7, 11) is 1.51. The van der Waals surface area contributed by atoms with Crippen LogP contribution in [0.15, 0.2) is 70.5 Å². The number of aryl methyl sites for hydroxylation is 1. The van der Waals surface area contributed by atoms with Crippen LogP contribution in [0.5, 0.6) is 0 Å². The van der Waals surface area contributed by atoms with E-state index in [0.717, 1.165) is 28.8 Å². The number of amides is 1. The van der Waals surface area contributed by atoms with Crippen molar-refractivity contribution in [3.63, 3.8) is 0 Å². The number of aromatic nitrogens is 5. The van der Waals surface area contributed by atoms with Crippen molar-refractivity contribution in [1.29, 1.82) is 0 Å². The number of rotatable bonds is 6. The number of halogens is 1. The zero-order valence-electron chi connectivity index (χ0n) is 28.1. The van der Waals surface area contributed by atoms with Gasteiger partial charge in [-0.3, -0.25) is 9.59 Å². The first kappa shape index (κ1) is 32.9. The van der Waals surface area contributed by atoms with Crippen LogP contribution in [0.1, 0.15) is 44.7 Å². The molecule has 50 heavy (non-hydrogen) atoms. The Hall–Kier alpha value is -5.63. The van der Waals surface area contributed by atoms with Crippen molar-refractivity contribution in [3.8, 4) is 16.9 Å². The Labute approximate surface area is 286 Å². The maximum absolute atomic E-state index is 15.4. The number of carboxylic acid groups (broad SMARTS) is 1. The zero-order chi connectivity index (χ0) is 35.5. The molecule has 258 valence electrons. The Kier molecular flexibility index (Phi) is 8.13. The molecular weight excluding hydrogens is 643 g/mol. The molecule has 1 amide bonds. The molecule has 2 aliphatic heterocycles. The Morgan fingerprint density at radius 1 is 1.02 bits per heavy atom. The van der Waals surface area contributed by atoms with E-state index in [1.807, 2.05) is 26.8 Å². The van der Waals surface area contributed by atoms with Gasteiger partial charge < -0.3 is 25.3 Å². The number of benzene rings is 2. The van der Waals surface area contributed by atoms with Crippen molar-refractivity contribution in [3.05, 3.63) is 98.6 Å². The van der Waals surface area contributed by atoms with Crippen LogP contribution >= 0.6 is 0 Å². The van der Waals surface area contributed by atoms with E-state index in [-0.39, 0.29) is 34.3 Å². The van der Waals surface area contributed by atoms with Gasteiger partial charge in [0.2, 0.25) is 0 Å². The fraction of sp³-hybridized carbons (Fsp3) is 0.333. The number of hydrogen-bond donors (Lipinski definition) is 3. The average molecular weight is 681 g/mol. The predicted molar refractivity (Wildman–Crippen MR) is 187 cm³/mol. The first-order valence-electron chi connectivity index (χ1n) is 16.4. The molecule has 0 saturated carbocycles. The lowest BCUT2D eigenvalue weighted by atomic mass is 9.86. The number of carbonyl (C=O) groups is 1. The van der Waals surface area contributed by atoms with Crippen LogP contribution in [-0.2, 0) is 19.1 Å². The van der Waals surface area contributed by atoms with Crippen LogP contribution < -0.4 is 21.3 Å². The second-order valence-electron chi connectivity index (χ2n) is 13.9. The minimum atomic E-state index is -0.903. The minimum absolute atomic E-state index is 0.0815. The summed E-state index contributed by atoms with van der Waals surface area (Å²) in [6.07, 6.45) is 4.06. The lowest BCUT2D eigenvalue weighted by Gasteiger charge is -2.41. The summed E-state index contributed by atoms with van der Waals surface area (Å²) < 4.78 is 17.6. The molecule has 3 aromatic heterocycles. The summed E-state index contributed by atoms with van der Waals surface area (Å²) in [5.74, 6) is -0.236. The van der Waals surface area contributed by atoms with Crippen LogP contribution in [0.3, 0.4) is 0 Å². The van der Waals surface area contributed by atoms with E-state index in [1.165, 1.54) is 28.9 Å². The smallest absolute Gasteiger partial charge is 0.407 e. The Morgan fingerprint density at radius 3 is 2.40 bits per heavy atom. The van der Waals surface area contributed by atoms with Crippen LogP contribution in [0, 0.1) is 5.82 Å².